The van der Waals surface area contributed by atoms with Crippen molar-refractivity contribution in [3.8, 4) is 34.5 Å². The average Bonchev–Trinajstić information content (AvgIpc) is 3.61. The summed E-state index contributed by atoms with van der Waals surface area (Å²) in [5.74, 6) is 1.93. The van der Waals surface area contributed by atoms with Gasteiger partial charge in [0.25, 0.3) is 0 Å². The quantitative estimate of drug-likeness (QED) is 0.0725. The first kappa shape index (κ1) is 61.1. The molecule has 0 aliphatic heterocycles. The van der Waals surface area contributed by atoms with Gasteiger partial charge in [-0.3, -0.25) is 0 Å². The second kappa shape index (κ2) is 34.6. The Balaban J connectivity index is 0.000000145. The number of benzene rings is 12. The summed E-state index contributed by atoms with van der Waals surface area (Å²) in [6.45, 7) is 0. The fourth-order valence-electron chi connectivity index (χ4n) is 8.67. The summed E-state index contributed by atoms with van der Waals surface area (Å²) in [4.78, 5) is 0. The molecule has 0 spiro atoms. The fraction of sp³-hybridized carbons (Fsp3) is 0.0769. The maximum absolute atomic E-state index is 9.12. The molecule has 0 aliphatic carbocycles. The maximum atomic E-state index is 9.12. The second-order valence-electron chi connectivity index (χ2n) is 20.0. The van der Waals surface area contributed by atoms with Crippen molar-refractivity contribution in [2.45, 2.75) is 38.5 Å². The number of hydrogen-bond donors (Lipinski definition) is 6. The molecule has 12 aromatic rings. The lowest BCUT2D eigenvalue weighted by molar-refractivity contribution is 0.474. The molecule has 6 N–H and O–H groups in total. The number of rotatable bonds is 12. The summed E-state index contributed by atoms with van der Waals surface area (Å²) in [6, 6.07) is 106. The Labute approximate surface area is 495 Å². The highest BCUT2D eigenvalue weighted by Crippen LogP contribution is 2.19. The first-order valence-corrected chi connectivity index (χ1v) is 28.0. The molecule has 0 radical (unpaired) electrons. The Bertz CT molecular complexity index is 2980. The molecule has 0 aromatic heterocycles. The molecule has 0 amide bonds. The van der Waals surface area contributed by atoms with Crippen LogP contribution in [-0.2, 0) is 38.5 Å². The minimum absolute atomic E-state index is 0.321. The van der Waals surface area contributed by atoms with Crippen molar-refractivity contribution in [2.24, 2.45) is 0 Å². The van der Waals surface area contributed by atoms with Crippen molar-refractivity contribution in [1.29, 1.82) is 0 Å². The van der Waals surface area contributed by atoms with Crippen LogP contribution >= 0.6 is 0 Å². The largest absolute Gasteiger partial charge is 0.508 e. The van der Waals surface area contributed by atoms with Crippen LogP contribution in [0.15, 0.2) is 328 Å². The molecular weight excluding hydrogens is 1030 g/mol. The van der Waals surface area contributed by atoms with E-state index in [1.54, 1.807) is 72.8 Å². The Morgan fingerprint density at radius 2 is 0.214 bits per heavy atom. The van der Waals surface area contributed by atoms with Crippen molar-refractivity contribution in [3.05, 3.63) is 394 Å². The van der Waals surface area contributed by atoms with Gasteiger partial charge in [-0.15, -0.1) is 0 Å². The van der Waals surface area contributed by atoms with Crippen LogP contribution in [-0.4, -0.2) is 30.6 Å². The van der Waals surface area contributed by atoms with Gasteiger partial charge in [0, 0.05) is 0 Å². The zero-order valence-electron chi connectivity index (χ0n) is 47.1. The number of phenolic OH excluding ortho intramolecular Hbond substituents is 6. The summed E-state index contributed by atoms with van der Waals surface area (Å²) in [6.07, 6.45) is 5.51. The minimum Gasteiger partial charge on any atom is -0.508 e. The lowest BCUT2D eigenvalue weighted by Crippen LogP contribution is -1.86. The predicted molar refractivity (Wildman–Crippen MR) is 344 cm³/mol. The van der Waals surface area contributed by atoms with E-state index in [0.717, 1.165) is 38.5 Å². The van der Waals surface area contributed by atoms with Crippen molar-refractivity contribution < 1.29 is 30.6 Å². The zero-order chi connectivity index (χ0) is 58.8. The summed E-state index contributed by atoms with van der Waals surface area (Å²) in [5, 5.41) is 54.7. The molecule has 0 aliphatic rings. The van der Waals surface area contributed by atoms with E-state index in [9.17, 15) is 0 Å². The Morgan fingerprint density at radius 1 is 0.119 bits per heavy atom. The Hall–Kier alpha value is -10.6. The molecule has 84 heavy (non-hydrogen) atoms. The lowest BCUT2D eigenvalue weighted by atomic mass is 10.1. The van der Waals surface area contributed by atoms with Crippen LogP contribution in [0.2, 0.25) is 0 Å². The van der Waals surface area contributed by atoms with Gasteiger partial charge in [-0.1, -0.05) is 255 Å². The molecule has 0 heterocycles. The van der Waals surface area contributed by atoms with Crippen LogP contribution in [0.25, 0.3) is 0 Å². The van der Waals surface area contributed by atoms with Gasteiger partial charge in [0.2, 0.25) is 0 Å². The van der Waals surface area contributed by atoms with Crippen LogP contribution in [0.1, 0.15) is 66.8 Å². The highest BCUT2D eigenvalue weighted by Gasteiger charge is 2.00. The summed E-state index contributed by atoms with van der Waals surface area (Å²) < 4.78 is 0. The highest BCUT2D eigenvalue weighted by atomic mass is 16.3. The van der Waals surface area contributed by atoms with Gasteiger partial charge in [0.15, 0.2) is 0 Å². The number of aromatic hydroxyl groups is 6. The highest BCUT2D eigenvalue weighted by molar-refractivity contribution is 5.36. The average molecular weight is 1110 g/mol. The van der Waals surface area contributed by atoms with E-state index in [4.69, 9.17) is 30.6 Å². The van der Waals surface area contributed by atoms with Gasteiger partial charge in [-0.2, -0.15) is 0 Å². The summed E-state index contributed by atoms with van der Waals surface area (Å²) in [5.41, 5.74) is 15.0. The van der Waals surface area contributed by atoms with Gasteiger partial charge in [0.05, 0.1) is 0 Å². The van der Waals surface area contributed by atoms with Crippen LogP contribution in [0.3, 0.4) is 0 Å². The van der Waals surface area contributed by atoms with E-state index in [2.05, 4.69) is 72.8 Å². The topological polar surface area (TPSA) is 121 Å². The number of hydrogen-bond acceptors (Lipinski definition) is 6. The first-order valence-electron chi connectivity index (χ1n) is 28.0. The zero-order valence-corrected chi connectivity index (χ0v) is 47.1. The van der Waals surface area contributed by atoms with Gasteiger partial charge in [-0.25, -0.2) is 0 Å². The molecule has 0 saturated heterocycles. The Morgan fingerprint density at radius 3 is 0.321 bits per heavy atom. The van der Waals surface area contributed by atoms with Crippen LogP contribution in [0.5, 0.6) is 34.5 Å². The van der Waals surface area contributed by atoms with E-state index < -0.39 is 0 Å². The SMILES string of the molecule is Oc1ccc(Cc2ccccc2)cc1.Oc1ccc(Cc2ccccc2)cc1.Oc1ccc(Cc2ccccc2)cc1.Oc1ccc(Cc2ccccc2)cc1.Oc1ccc(Cc2ccccc2)cc1.Oc1ccc(Cc2ccccc2)cc1. The van der Waals surface area contributed by atoms with Gasteiger partial charge >= 0.3 is 0 Å². The van der Waals surface area contributed by atoms with Crippen molar-refractivity contribution in [2.75, 3.05) is 0 Å². The van der Waals surface area contributed by atoms with Crippen molar-refractivity contribution in [3.63, 3.8) is 0 Å². The van der Waals surface area contributed by atoms with Gasteiger partial charge < -0.3 is 30.6 Å². The van der Waals surface area contributed by atoms with E-state index in [-0.39, 0.29) is 0 Å². The first-order chi connectivity index (χ1) is 41.1. The Kier molecular flexibility index (Phi) is 25.1. The van der Waals surface area contributed by atoms with Crippen LogP contribution in [0.4, 0.5) is 0 Å². The molecule has 420 valence electrons. The predicted octanol–water partition coefficient (Wildman–Crippen LogP) is 17.9. The third-order valence-electron chi connectivity index (χ3n) is 13.1. The molecular formula is C78H72O6. The van der Waals surface area contributed by atoms with Crippen molar-refractivity contribution >= 4 is 0 Å². The third-order valence-corrected chi connectivity index (χ3v) is 13.1. The van der Waals surface area contributed by atoms with E-state index >= 15 is 0 Å². The third kappa shape index (κ3) is 24.0. The molecule has 0 atom stereocenters. The molecule has 12 rings (SSSR count). The molecule has 6 heteroatoms. The molecule has 0 saturated carbocycles. The minimum atomic E-state index is 0.321. The van der Waals surface area contributed by atoms with E-state index in [1.807, 2.05) is 182 Å². The van der Waals surface area contributed by atoms with Crippen molar-refractivity contribution in [1.82, 2.24) is 0 Å². The normalized spacial score (nSPS) is 10.0. The van der Waals surface area contributed by atoms with Gasteiger partial charge in [0.1, 0.15) is 34.5 Å². The smallest absolute Gasteiger partial charge is 0.115 e. The molecule has 0 bridgehead atoms. The summed E-state index contributed by atoms with van der Waals surface area (Å²) >= 11 is 0. The molecule has 12 aromatic carbocycles. The van der Waals surface area contributed by atoms with E-state index in [1.165, 1.54) is 66.8 Å². The van der Waals surface area contributed by atoms with Crippen LogP contribution < -0.4 is 0 Å². The monoisotopic (exact) mass is 1100 g/mol. The molecule has 0 fully saturated rings. The van der Waals surface area contributed by atoms with Crippen LogP contribution in [0, 0.1) is 0 Å². The molecule has 6 nitrogen and oxygen atoms in total. The second-order valence-corrected chi connectivity index (χ2v) is 20.0. The van der Waals surface area contributed by atoms with Gasteiger partial charge in [-0.05, 0) is 178 Å². The molecule has 0 unspecified atom stereocenters. The summed E-state index contributed by atoms with van der Waals surface area (Å²) in [7, 11) is 0. The number of phenols is 6. The standard InChI is InChI=1S/6C13H12O/c6*14-13-8-6-12(7-9-13)10-11-4-2-1-3-5-11/h6*1-9,14H,10H2. The lowest BCUT2D eigenvalue weighted by Gasteiger charge is -2.01. The maximum Gasteiger partial charge on any atom is 0.115 e. The van der Waals surface area contributed by atoms with E-state index in [0.29, 0.717) is 34.5 Å². The fourth-order valence-corrected chi connectivity index (χ4v) is 8.67.